The van der Waals surface area contributed by atoms with E-state index in [1.54, 1.807) is 13.0 Å². The van der Waals surface area contributed by atoms with Crippen molar-refractivity contribution in [3.8, 4) is 0 Å². The van der Waals surface area contributed by atoms with Gasteiger partial charge in [-0.05, 0) is 25.1 Å². The van der Waals surface area contributed by atoms with Crippen LogP contribution in [0.2, 0.25) is 10.0 Å². The Morgan fingerprint density at radius 3 is 2.82 bits per heavy atom. The predicted molar refractivity (Wildman–Crippen MR) is 70.1 cm³/mol. The van der Waals surface area contributed by atoms with E-state index in [2.05, 4.69) is 4.90 Å². The molecule has 1 N–H and O–H groups in total. The maximum atomic E-state index is 9.54. The highest BCUT2D eigenvalue weighted by Crippen LogP contribution is 2.28. The van der Waals surface area contributed by atoms with E-state index < -0.39 is 6.10 Å². The fourth-order valence-electron chi connectivity index (χ4n) is 1.88. The third-order valence-electron chi connectivity index (χ3n) is 2.90. The Kier molecular flexibility index (Phi) is 4.15. The fraction of sp³-hybridized carbons (Fsp3) is 0.500. The number of hydrogen-bond acceptors (Lipinski definition) is 3. The summed E-state index contributed by atoms with van der Waals surface area (Å²) in [5.74, 6) is 0. The molecule has 3 nitrogen and oxygen atoms in total. The van der Waals surface area contributed by atoms with Crippen molar-refractivity contribution in [3.63, 3.8) is 0 Å². The van der Waals surface area contributed by atoms with Gasteiger partial charge in [0.15, 0.2) is 0 Å². The van der Waals surface area contributed by atoms with Crippen LogP contribution in [0.4, 0.5) is 5.69 Å². The molecule has 2 rings (SSSR count). The highest BCUT2D eigenvalue weighted by Gasteiger charge is 2.24. The molecule has 1 aromatic carbocycles. The lowest BCUT2D eigenvalue weighted by molar-refractivity contribution is -0.0364. The second-order valence-corrected chi connectivity index (χ2v) is 5.01. The van der Waals surface area contributed by atoms with Gasteiger partial charge in [0.05, 0.1) is 22.8 Å². The van der Waals surface area contributed by atoms with Gasteiger partial charge in [0.25, 0.3) is 0 Å². The molecule has 0 spiro atoms. The Balaban J connectivity index is 2.13. The predicted octanol–water partition coefficient (Wildman–Crippen LogP) is 2.58. The van der Waals surface area contributed by atoms with Crippen molar-refractivity contribution in [2.75, 3.05) is 24.6 Å². The Bertz CT molecular complexity index is 398. The van der Waals surface area contributed by atoms with Gasteiger partial charge in [-0.2, -0.15) is 0 Å². The van der Waals surface area contributed by atoms with Crippen LogP contribution in [0.1, 0.15) is 6.92 Å². The van der Waals surface area contributed by atoms with Gasteiger partial charge in [0.2, 0.25) is 0 Å². The van der Waals surface area contributed by atoms with Crippen molar-refractivity contribution in [3.05, 3.63) is 28.2 Å². The van der Waals surface area contributed by atoms with Crippen molar-refractivity contribution >= 4 is 28.9 Å². The molecule has 0 aromatic heterocycles. The first-order chi connectivity index (χ1) is 8.08. The fourth-order valence-corrected chi connectivity index (χ4v) is 2.18. The van der Waals surface area contributed by atoms with Crippen LogP contribution in [0.15, 0.2) is 18.2 Å². The molecule has 1 aliphatic rings. The van der Waals surface area contributed by atoms with Crippen molar-refractivity contribution in [2.24, 2.45) is 0 Å². The van der Waals surface area contributed by atoms with Crippen LogP contribution in [0.3, 0.4) is 0 Å². The lowest BCUT2D eigenvalue weighted by Crippen LogP contribution is -2.47. The number of nitrogens with zero attached hydrogens (tertiary/aromatic N) is 1. The van der Waals surface area contributed by atoms with E-state index in [-0.39, 0.29) is 6.10 Å². The molecule has 0 amide bonds. The van der Waals surface area contributed by atoms with Crippen LogP contribution in [-0.2, 0) is 4.74 Å². The Hall–Kier alpha value is -0.480. The van der Waals surface area contributed by atoms with Crippen molar-refractivity contribution in [1.82, 2.24) is 0 Å². The molecule has 1 heterocycles. The van der Waals surface area contributed by atoms with E-state index >= 15 is 0 Å². The Morgan fingerprint density at radius 1 is 1.41 bits per heavy atom. The lowest BCUT2D eigenvalue weighted by Gasteiger charge is -2.35. The number of morpholine rings is 1. The summed E-state index contributed by atoms with van der Waals surface area (Å²) in [4.78, 5) is 2.14. The number of benzene rings is 1. The summed E-state index contributed by atoms with van der Waals surface area (Å²) >= 11 is 11.9. The molecule has 5 heteroatoms. The molecule has 0 aliphatic carbocycles. The first-order valence-electron chi connectivity index (χ1n) is 5.57. The summed E-state index contributed by atoms with van der Waals surface area (Å²) in [6.45, 7) is 3.80. The number of anilines is 1. The summed E-state index contributed by atoms with van der Waals surface area (Å²) in [5, 5.41) is 10.6. The normalized spacial score (nSPS) is 22.6. The second kappa shape index (κ2) is 5.44. The van der Waals surface area contributed by atoms with E-state index in [0.29, 0.717) is 23.2 Å². The molecule has 1 aliphatic heterocycles. The SMILES string of the molecule is CC(O)[C@H]1CN(c2ccc(Cl)c(Cl)c2)CCO1. The van der Waals surface area contributed by atoms with Gasteiger partial charge in [-0.1, -0.05) is 23.2 Å². The molecule has 1 saturated heterocycles. The number of aliphatic hydroxyl groups is 1. The number of hydrogen-bond donors (Lipinski definition) is 1. The Labute approximate surface area is 111 Å². The minimum Gasteiger partial charge on any atom is -0.391 e. The summed E-state index contributed by atoms with van der Waals surface area (Å²) in [6.07, 6.45) is -0.626. The van der Waals surface area contributed by atoms with Crippen LogP contribution in [0, 0.1) is 0 Å². The number of rotatable bonds is 2. The molecule has 0 bridgehead atoms. The average molecular weight is 276 g/mol. The maximum Gasteiger partial charge on any atom is 0.101 e. The van der Waals surface area contributed by atoms with Crippen LogP contribution >= 0.6 is 23.2 Å². The first-order valence-corrected chi connectivity index (χ1v) is 6.33. The molecule has 1 unspecified atom stereocenters. The number of ether oxygens (including phenoxy) is 1. The molecule has 1 fully saturated rings. The van der Waals surface area contributed by atoms with E-state index in [4.69, 9.17) is 27.9 Å². The molecular formula is C12H15Cl2NO2. The summed E-state index contributed by atoms with van der Waals surface area (Å²) in [6, 6.07) is 5.55. The quantitative estimate of drug-likeness (QED) is 0.901. The highest BCUT2D eigenvalue weighted by atomic mass is 35.5. The van der Waals surface area contributed by atoms with E-state index in [9.17, 15) is 5.11 Å². The van der Waals surface area contributed by atoms with Crippen LogP contribution in [0.5, 0.6) is 0 Å². The molecule has 0 saturated carbocycles. The third-order valence-corrected chi connectivity index (χ3v) is 3.64. The monoisotopic (exact) mass is 275 g/mol. The highest BCUT2D eigenvalue weighted by molar-refractivity contribution is 6.42. The number of halogens is 2. The van der Waals surface area contributed by atoms with Gasteiger partial charge in [-0.3, -0.25) is 0 Å². The van der Waals surface area contributed by atoms with Crippen LogP contribution < -0.4 is 4.90 Å². The van der Waals surface area contributed by atoms with E-state index in [0.717, 1.165) is 12.2 Å². The van der Waals surface area contributed by atoms with Crippen molar-refractivity contribution in [1.29, 1.82) is 0 Å². The van der Waals surface area contributed by atoms with Gasteiger partial charge < -0.3 is 14.7 Å². The summed E-state index contributed by atoms with van der Waals surface area (Å²) < 4.78 is 5.49. The average Bonchev–Trinajstić information content (AvgIpc) is 2.33. The minimum absolute atomic E-state index is 0.154. The molecule has 94 valence electrons. The third kappa shape index (κ3) is 3.05. The van der Waals surface area contributed by atoms with Gasteiger partial charge in [0.1, 0.15) is 6.10 Å². The summed E-state index contributed by atoms with van der Waals surface area (Å²) in [5.41, 5.74) is 1.01. The van der Waals surface area contributed by atoms with Crippen LogP contribution in [0.25, 0.3) is 0 Å². The van der Waals surface area contributed by atoms with Crippen molar-refractivity contribution < 1.29 is 9.84 Å². The molecule has 0 radical (unpaired) electrons. The smallest absolute Gasteiger partial charge is 0.101 e. The summed E-state index contributed by atoms with van der Waals surface area (Å²) in [7, 11) is 0. The standard InChI is InChI=1S/C12H15Cl2NO2/c1-8(16)12-7-15(4-5-17-12)9-2-3-10(13)11(14)6-9/h2-3,6,8,12,16H,4-5,7H2,1H3/t8?,12-/m1/s1. The molecule has 17 heavy (non-hydrogen) atoms. The molecule has 1 aromatic rings. The topological polar surface area (TPSA) is 32.7 Å². The van der Waals surface area contributed by atoms with Gasteiger partial charge in [-0.15, -0.1) is 0 Å². The van der Waals surface area contributed by atoms with E-state index in [1.165, 1.54) is 0 Å². The zero-order valence-electron chi connectivity index (χ0n) is 9.57. The lowest BCUT2D eigenvalue weighted by atomic mass is 10.1. The minimum atomic E-state index is -0.472. The van der Waals surface area contributed by atoms with Gasteiger partial charge >= 0.3 is 0 Å². The molecule has 2 atom stereocenters. The molecular weight excluding hydrogens is 261 g/mol. The van der Waals surface area contributed by atoms with Gasteiger partial charge in [0, 0.05) is 18.8 Å². The largest absolute Gasteiger partial charge is 0.391 e. The van der Waals surface area contributed by atoms with Crippen molar-refractivity contribution in [2.45, 2.75) is 19.1 Å². The van der Waals surface area contributed by atoms with E-state index in [1.807, 2.05) is 12.1 Å². The Morgan fingerprint density at radius 2 is 2.18 bits per heavy atom. The zero-order valence-corrected chi connectivity index (χ0v) is 11.1. The zero-order chi connectivity index (χ0) is 12.4. The van der Waals surface area contributed by atoms with Crippen LogP contribution in [-0.4, -0.2) is 37.0 Å². The van der Waals surface area contributed by atoms with Gasteiger partial charge in [-0.25, -0.2) is 0 Å². The maximum absolute atomic E-state index is 9.54. The number of aliphatic hydroxyl groups excluding tert-OH is 1. The first kappa shape index (κ1) is 13.0. The second-order valence-electron chi connectivity index (χ2n) is 4.19.